The predicted octanol–water partition coefficient (Wildman–Crippen LogP) is 6.25. The van der Waals surface area contributed by atoms with Crippen LogP contribution in [0, 0.1) is 40.4 Å². The molecule has 3 fully saturated rings. The average molecular weight is 459 g/mol. The molecule has 0 bridgehead atoms. The Hall–Kier alpha value is -1.16. The van der Waals surface area contributed by atoms with Crippen molar-refractivity contribution in [3.63, 3.8) is 0 Å². The third kappa shape index (κ3) is 4.34. The molecule has 0 aromatic heterocycles. The zero-order valence-electron chi connectivity index (χ0n) is 21.8. The Morgan fingerprint density at radius 1 is 1.21 bits per heavy atom. The summed E-state index contributed by atoms with van der Waals surface area (Å²) in [6.07, 6.45) is 11.5. The molecule has 33 heavy (non-hydrogen) atoms. The fourth-order valence-corrected chi connectivity index (χ4v) is 9.01. The molecule has 4 aliphatic rings. The lowest BCUT2D eigenvalue weighted by atomic mass is 9.46. The van der Waals surface area contributed by atoms with Gasteiger partial charge in [-0.05, 0) is 92.4 Å². The van der Waals surface area contributed by atoms with E-state index in [0.717, 1.165) is 57.8 Å². The van der Waals surface area contributed by atoms with Crippen molar-refractivity contribution in [1.82, 2.24) is 0 Å². The van der Waals surface area contributed by atoms with Crippen molar-refractivity contribution in [2.75, 3.05) is 0 Å². The molecular weight excluding hydrogens is 412 g/mol. The second kappa shape index (κ2) is 8.81. The van der Waals surface area contributed by atoms with Crippen LogP contribution in [-0.4, -0.2) is 28.6 Å². The number of ketones is 1. The van der Waals surface area contributed by atoms with Crippen molar-refractivity contribution in [3.05, 3.63) is 11.6 Å². The van der Waals surface area contributed by atoms with Gasteiger partial charge < -0.3 is 9.84 Å². The van der Waals surface area contributed by atoms with E-state index >= 15 is 0 Å². The molecule has 4 rings (SSSR count). The Morgan fingerprint density at radius 2 is 1.94 bits per heavy atom. The van der Waals surface area contributed by atoms with E-state index < -0.39 is 5.60 Å². The normalized spacial score (nSPS) is 42.1. The summed E-state index contributed by atoms with van der Waals surface area (Å²) >= 11 is 0. The molecule has 186 valence electrons. The number of fused-ring (bicyclic) bond motifs is 5. The number of rotatable bonds is 6. The van der Waals surface area contributed by atoms with E-state index in [2.05, 4.69) is 27.7 Å². The molecule has 4 nitrogen and oxygen atoms in total. The monoisotopic (exact) mass is 458 g/mol. The summed E-state index contributed by atoms with van der Waals surface area (Å²) < 4.78 is 5.97. The highest BCUT2D eigenvalue weighted by molar-refractivity contribution is 5.91. The number of hydrogen-bond acceptors (Lipinski definition) is 4. The minimum absolute atomic E-state index is 0.0231. The lowest BCUT2D eigenvalue weighted by Gasteiger charge is -2.58. The summed E-state index contributed by atoms with van der Waals surface area (Å²) in [4.78, 5) is 24.2. The van der Waals surface area contributed by atoms with Gasteiger partial charge in [0.05, 0.1) is 5.60 Å². The Kier molecular flexibility index (Phi) is 6.66. The zero-order valence-corrected chi connectivity index (χ0v) is 21.8. The van der Waals surface area contributed by atoms with Gasteiger partial charge in [-0.1, -0.05) is 46.1 Å². The van der Waals surface area contributed by atoms with E-state index in [1.165, 1.54) is 12.5 Å². The van der Waals surface area contributed by atoms with E-state index in [9.17, 15) is 14.7 Å². The quantitative estimate of drug-likeness (QED) is 0.478. The topological polar surface area (TPSA) is 63.6 Å². The van der Waals surface area contributed by atoms with Crippen molar-refractivity contribution in [2.45, 2.75) is 117 Å². The highest BCUT2D eigenvalue weighted by Gasteiger charge is 2.65. The predicted molar refractivity (Wildman–Crippen MR) is 130 cm³/mol. The van der Waals surface area contributed by atoms with Gasteiger partial charge in [0, 0.05) is 19.3 Å². The van der Waals surface area contributed by atoms with Crippen molar-refractivity contribution >= 4 is 11.8 Å². The Bertz CT molecular complexity index is 810. The van der Waals surface area contributed by atoms with Crippen LogP contribution < -0.4 is 0 Å². The summed E-state index contributed by atoms with van der Waals surface area (Å²) in [6, 6.07) is 0. The maximum absolute atomic E-state index is 12.1. The molecule has 0 unspecified atom stereocenters. The maximum Gasteiger partial charge on any atom is 0.302 e. The fourth-order valence-electron chi connectivity index (χ4n) is 9.01. The van der Waals surface area contributed by atoms with Crippen LogP contribution >= 0.6 is 0 Å². The van der Waals surface area contributed by atoms with Crippen molar-refractivity contribution in [1.29, 1.82) is 0 Å². The van der Waals surface area contributed by atoms with E-state index in [-0.39, 0.29) is 28.8 Å². The molecule has 0 aromatic carbocycles. The highest BCUT2D eigenvalue weighted by atomic mass is 16.5. The average Bonchev–Trinajstić information content (AvgIpc) is 3.00. The molecular formula is C29H46O4. The second-order valence-electron chi connectivity index (χ2n) is 13.0. The number of carbonyl (C=O) groups excluding carboxylic acids is 2. The molecule has 0 saturated heterocycles. The number of allylic oxidation sites excluding steroid dienone is 1. The second-order valence-corrected chi connectivity index (χ2v) is 13.0. The Labute approximate surface area is 200 Å². The first-order valence-corrected chi connectivity index (χ1v) is 13.5. The van der Waals surface area contributed by atoms with Crippen LogP contribution in [0.4, 0.5) is 0 Å². The smallest absolute Gasteiger partial charge is 0.302 e. The minimum atomic E-state index is -0.841. The maximum atomic E-state index is 12.1. The molecule has 1 N–H and O–H groups in total. The molecule has 4 heteroatoms. The number of esters is 1. The summed E-state index contributed by atoms with van der Waals surface area (Å²) in [7, 11) is 0. The van der Waals surface area contributed by atoms with Gasteiger partial charge in [-0.3, -0.25) is 9.59 Å². The molecule has 8 atom stereocenters. The summed E-state index contributed by atoms with van der Waals surface area (Å²) in [5.74, 6) is 2.30. The van der Waals surface area contributed by atoms with Gasteiger partial charge in [-0.15, -0.1) is 0 Å². The molecule has 0 radical (unpaired) electrons. The molecule has 0 spiro atoms. The SMILES string of the molecule is CC(=O)O[C@H]1C[C@H]2[C@@H]3CCC4=CC(=O)CC[C@]4(C)[C@H]3CC[C@]2(C)[C@H]1[C@@](C)(O)CCCC(C)C. The third-order valence-corrected chi connectivity index (χ3v) is 10.4. The van der Waals surface area contributed by atoms with Crippen LogP contribution in [0.3, 0.4) is 0 Å². The van der Waals surface area contributed by atoms with Gasteiger partial charge in [-0.25, -0.2) is 0 Å². The van der Waals surface area contributed by atoms with Crippen LogP contribution in [0.5, 0.6) is 0 Å². The van der Waals surface area contributed by atoms with E-state index in [0.29, 0.717) is 35.9 Å². The standard InChI is InChI=1S/C29H46O4/c1-18(2)8-7-13-29(6,32)26-25(33-19(3)30)17-24-22-10-9-20-16-21(31)11-14-27(20,4)23(22)12-15-28(24,26)5/h16,18,22-26,32H,7-15,17H2,1-6H3/t22-,23+,24+,25+,26+,27+,28+,29+/m1/s1. The van der Waals surface area contributed by atoms with Crippen molar-refractivity contribution in [3.8, 4) is 0 Å². The molecule has 0 amide bonds. The molecule has 3 saturated carbocycles. The lowest BCUT2D eigenvalue weighted by Crippen LogP contribution is -2.54. The van der Waals surface area contributed by atoms with Gasteiger partial charge in [-0.2, -0.15) is 0 Å². The first-order valence-electron chi connectivity index (χ1n) is 13.5. The van der Waals surface area contributed by atoms with E-state index in [1.54, 1.807) is 0 Å². The van der Waals surface area contributed by atoms with Crippen LogP contribution in [0.15, 0.2) is 11.6 Å². The van der Waals surface area contributed by atoms with E-state index in [1.807, 2.05) is 13.0 Å². The summed E-state index contributed by atoms with van der Waals surface area (Å²) in [5, 5.41) is 11.8. The number of ether oxygens (including phenoxy) is 1. The minimum Gasteiger partial charge on any atom is -0.462 e. The molecule has 0 aromatic rings. The third-order valence-electron chi connectivity index (χ3n) is 10.4. The number of aliphatic hydroxyl groups is 1. The van der Waals surface area contributed by atoms with Gasteiger partial charge in [0.2, 0.25) is 0 Å². The summed E-state index contributed by atoms with van der Waals surface area (Å²) in [6.45, 7) is 12.8. The summed E-state index contributed by atoms with van der Waals surface area (Å²) in [5.41, 5.74) is 0.652. The lowest BCUT2D eigenvalue weighted by molar-refractivity contribution is -0.161. The number of hydrogen-bond donors (Lipinski definition) is 1. The van der Waals surface area contributed by atoms with E-state index in [4.69, 9.17) is 4.74 Å². The Morgan fingerprint density at radius 3 is 2.61 bits per heavy atom. The first kappa shape index (κ1) is 24.9. The largest absolute Gasteiger partial charge is 0.462 e. The van der Waals surface area contributed by atoms with Gasteiger partial charge in [0.15, 0.2) is 5.78 Å². The van der Waals surface area contributed by atoms with Crippen molar-refractivity contribution < 1.29 is 19.4 Å². The van der Waals surface area contributed by atoms with Gasteiger partial charge in [0.25, 0.3) is 0 Å². The van der Waals surface area contributed by atoms with Crippen LogP contribution in [0.25, 0.3) is 0 Å². The van der Waals surface area contributed by atoms with Gasteiger partial charge in [0.1, 0.15) is 6.10 Å². The molecule has 0 aliphatic heterocycles. The van der Waals surface area contributed by atoms with Gasteiger partial charge >= 0.3 is 5.97 Å². The zero-order chi connectivity index (χ0) is 24.2. The van der Waals surface area contributed by atoms with Crippen LogP contribution in [0.2, 0.25) is 0 Å². The molecule has 4 aliphatic carbocycles. The fraction of sp³-hybridized carbons (Fsp3) is 0.862. The first-order chi connectivity index (χ1) is 15.4. The number of carbonyl (C=O) groups is 2. The van der Waals surface area contributed by atoms with Crippen LogP contribution in [-0.2, 0) is 14.3 Å². The van der Waals surface area contributed by atoms with Crippen LogP contribution in [0.1, 0.15) is 106 Å². The molecule has 0 heterocycles. The highest BCUT2D eigenvalue weighted by Crippen LogP contribution is 2.68. The Balaban J connectivity index is 1.63. The van der Waals surface area contributed by atoms with Crippen molar-refractivity contribution in [2.24, 2.45) is 40.4 Å².